The molecule has 3 aromatic rings. The highest BCUT2D eigenvalue weighted by Crippen LogP contribution is 2.36. The van der Waals surface area contributed by atoms with Crippen LogP contribution in [-0.4, -0.2) is 44.1 Å². The molecular weight excluding hydrogens is 366 g/mol. The third-order valence-electron chi connectivity index (χ3n) is 4.47. The summed E-state index contributed by atoms with van der Waals surface area (Å²) in [5.74, 6) is 2.58. The Balaban J connectivity index is 1.26. The Labute approximate surface area is 159 Å². The SMILES string of the molecule is CNc1cc(C2CC(NC(=O)c3ccc(CSc4ncn[nH]4)o3)C2)ncn1. The van der Waals surface area contributed by atoms with Gasteiger partial charge in [0.15, 0.2) is 10.9 Å². The summed E-state index contributed by atoms with van der Waals surface area (Å²) in [5.41, 5.74) is 1.00. The van der Waals surface area contributed by atoms with Crippen LogP contribution in [0.1, 0.15) is 40.8 Å². The molecule has 0 saturated heterocycles. The molecule has 1 fully saturated rings. The van der Waals surface area contributed by atoms with E-state index >= 15 is 0 Å². The smallest absolute Gasteiger partial charge is 0.287 e. The molecule has 27 heavy (non-hydrogen) atoms. The van der Waals surface area contributed by atoms with E-state index in [0.29, 0.717) is 28.3 Å². The molecule has 0 spiro atoms. The van der Waals surface area contributed by atoms with E-state index in [9.17, 15) is 4.79 Å². The van der Waals surface area contributed by atoms with Gasteiger partial charge in [0.1, 0.15) is 24.2 Å². The number of H-pyrrole nitrogens is 1. The number of aromatic nitrogens is 5. The number of hydrogen-bond acceptors (Lipinski definition) is 8. The molecule has 4 rings (SSSR count). The monoisotopic (exact) mass is 385 g/mol. The Morgan fingerprint density at radius 1 is 1.30 bits per heavy atom. The van der Waals surface area contributed by atoms with Gasteiger partial charge in [-0.1, -0.05) is 11.8 Å². The van der Waals surface area contributed by atoms with Crippen molar-refractivity contribution < 1.29 is 9.21 Å². The molecule has 10 heteroatoms. The standard InChI is InChI=1S/C17H19N7O2S/c1-18-15-6-13(19-8-20-15)10-4-11(5-10)23-16(25)14-3-2-12(26-14)7-27-17-21-9-22-24-17/h2-3,6,8-11H,4-5,7H2,1H3,(H,23,25)(H,18,19,20)(H,21,22,24). The summed E-state index contributed by atoms with van der Waals surface area (Å²) in [5, 5.41) is 13.3. The maximum absolute atomic E-state index is 12.4. The fourth-order valence-corrected chi connectivity index (χ4v) is 3.62. The van der Waals surface area contributed by atoms with Crippen molar-refractivity contribution in [3.63, 3.8) is 0 Å². The van der Waals surface area contributed by atoms with Gasteiger partial charge in [-0.3, -0.25) is 9.89 Å². The van der Waals surface area contributed by atoms with Crippen LogP contribution >= 0.6 is 11.8 Å². The fraction of sp³-hybridized carbons (Fsp3) is 0.353. The summed E-state index contributed by atoms with van der Waals surface area (Å²) in [7, 11) is 1.83. The molecule has 0 aliphatic heterocycles. The minimum atomic E-state index is -0.187. The Kier molecular flexibility index (Phi) is 5.05. The number of hydrogen-bond donors (Lipinski definition) is 3. The highest BCUT2D eigenvalue weighted by Gasteiger charge is 2.33. The number of aromatic amines is 1. The zero-order valence-corrected chi connectivity index (χ0v) is 15.5. The van der Waals surface area contributed by atoms with Gasteiger partial charge in [0.2, 0.25) is 0 Å². The lowest BCUT2D eigenvalue weighted by Crippen LogP contribution is -2.43. The molecule has 140 valence electrons. The minimum absolute atomic E-state index is 0.132. The Morgan fingerprint density at radius 3 is 2.96 bits per heavy atom. The quantitative estimate of drug-likeness (QED) is 0.529. The average Bonchev–Trinajstić information content (AvgIpc) is 3.34. The molecule has 3 aromatic heterocycles. The Bertz CT molecular complexity index is 906. The van der Waals surface area contributed by atoms with Gasteiger partial charge in [0.05, 0.1) is 5.75 Å². The van der Waals surface area contributed by atoms with Gasteiger partial charge in [-0.05, 0) is 25.0 Å². The van der Waals surface area contributed by atoms with E-state index in [2.05, 4.69) is 35.8 Å². The topological polar surface area (TPSA) is 122 Å². The van der Waals surface area contributed by atoms with Crippen LogP contribution in [0.5, 0.6) is 0 Å². The average molecular weight is 385 g/mol. The first-order valence-corrected chi connectivity index (χ1v) is 9.57. The fourth-order valence-electron chi connectivity index (χ4n) is 2.95. The van der Waals surface area contributed by atoms with Gasteiger partial charge in [-0.25, -0.2) is 15.0 Å². The van der Waals surface area contributed by atoms with E-state index in [1.54, 1.807) is 12.4 Å². The number of carbonyl (C=O) groups excluding carboxylic acids is 1. The van der Waals surface area contributed by atoms with Gasteiger partial charge in [0, 0.05) is 30.8 Å². The zero-order valence-electron chi connectivity index (χ0n) is 14.7. The van der Waals surface area contributed by atoms with Gasteiger partial charge in [-0.2, -0.15) is 5.10 Å². The third-order valence-corrected chi connectivity index (χ3v) is 5.36. The first kappa shape index (κ1) is 17.5. The van der Waals surface area contributed by atoms with Crippen molar-refractivity contribution in [1.82, 2.24) is 30.5 Å². The van der Waals surface area contributed by atoms with Crippen molar-refractivity contribution >= 4 is 23.5 Å². The van der Waals surface area contributed by atoms with Crippen molar-refractivity contribution in [2.24, 2.45) is 0 Å². The van der Waals surface area contributed by atoms with E-state index in [1.807, 2.05) is 19.2 Å². The van der Waals surface area contributed by atoms with Crippen molar-refractivity contribution in [3.05, 3.63) is 48.1 Å². The van der Waals surface area contributed by atoms with Crippen molar-refractivity contribution in [2.75, 3.05) is 12.4 Å². The second-order valence-corrected chi connectivity index (χ2v) is 7.23. The van der Waals surface area contributed by atoms with E-state index < -0.39 is 0 Å². The van der Waals surface area contributed by atoms with Gasteiger partial charge in [0.25, 0.3) is 5.91 Å². The van der Waals surface area contributed by atoms with Crippen LogP contribution in [0.2, 0.25) is 0 Å². The van der Waals surface area contributed by atoms with E-state index in [1.165, 1.54) is 18.1 Å². The summed E-state index contributed by atoms with van der Waals surface area (Å²) in [4.78, 5) is 24.9. The number of furan rings is 1. The lowest BCUT2D eigenvalue weighted by atomic mass is 9.78. The van der Waals surface area contributed by atoms with Gasteiger partial charge >= 0.3 is 0 Å². The second kappa shape index (κ2) is 7.78. The largest absolute Gasteiger partial charge is 0.455 e. The van der Waals surface area contributed by atoms with Gasteiger partial charge in [-0.15, -0.1) is 0 Å². The second-order valence-electron chi connectivity index (χ2n) is 6.26. The summed E-state index contributed by atoms with van der Waals surface area (Å²) in [6.07, 6.45) is 4.74. The van der Waals surface area contributed by atoms with Crippen LogP contribution in [0.3, 0.4) is 0 Å². The van der Waals surface area contributed by atoms with Crippen LogP contribution in [0, 0.1) is 0 Å². The highest BCUT2D eigenvalue weighted by molar-refractivity contribution is 7.98. The predicted molar refractivity (Wildman–Crippen MR) is 99.5 cm³/mol. The minimum Gasteiger partial charge on any atom is -0.455 e. The number of anilines is 1. The molecule has 1 amide bonds. The lowest BCUT2D eigenvalue weighted by molar-refractivity contribution is 0.0878. The number of nitrogens with zero attached hydrogens (tertiary/aromatic N) is 4. The first-order valence-electron chi connectivity index (χ1n) is 8.58. The third kappa shape index (κ3) is 4.11. The van der Waals surface area contributed by atoms with Crippen molar-refractivity contribution in [3.8, 4) is 0 Å². The molecular formula is C17H19N7O2S. The Hall–Kier alpha value is -2.88. The number of amides is 1. The maximum atomic E-state index is 12.4. The van der Waals surface area contributed by atoms with E-state index in [4.69, 9.17) is 4.42 Å². The van der Waals surface area contributed by atoms with Crippen LogP contribution in [0.25, 0.3) is 0 Å². The van der Waals surface area contributed by atoms with Crippen LogP contribution < -0.4 is 10.6 Å². The predicted octanol–water partition coefficient (Wildman–Crippen LogP) is 2.20. The van der Waals surface area contributed by atoms with Crippen molar-refractivity contribution in [2.45, 2.75) is 35.7 Å². The summed E-state index contributed by atoms with van der Waals surface area (Å²) in [6.45, 7) is 0. The van der Waals surface area contributed by atoms with E-state index in [0.717, 1.165) is 24.4 Å². The normalized spacial score (nSPS) is 18.7. The molecule has 1 aliphatic rings. The molecule has 0 unspecified atom stereocenters. The lowest BCUT2D eigenvalue weighted by Gasteiger charge is -2.35. The van der Waals surface area contributed by atoms with E-state index in [-0.39, 0.29) is 11.9 Å². The molecule has 1 aliphatic carbocycles. The van der Waals surface area contributed by atoms with Crippen LogP contribution in [0.4, 0.5) is 5.82 Å². The maximum Gasteiger partial charge on any atom is 0.287 e. The number of thioether (sulfide) groups is 1. The number of carbonyl (C=O) groups is 1. The molecule has 9 nitrogen and oxygen atoms in total. The molecule has 0 aromatic carbocycles. The first-order chi connectivity index (χ1) is 13.2. The molecule has 0 bridgehead atoms. The van der Waals surface area contributed by atoms with Gasteiger partial charge < -0.3 is 15.1 Å². The van der Waals surface area contributed by atoms with Crippen molar-refractivity contribution in [1.29, 1.82) is 0 Å². The molecule has 0 radical (unpaired) electrons. The number of nitrogens with one attached hydrogen (secondary N) is 3. The molecule has 3 heterocycles. The number of rotatable bonds is 7. The van der Waals surface area contributed by atoms with Crippen LogP contribution in [0.15, 0.2) is 40.4 Å². The molecule has 1 saturated carbocycles. The molecule has 3 N–H and O–H groups in total. The Morgan fingerprint density at radius 2 is 2.19 bits per heavy atom. The summed E-state index contributed by atoms with van der Waals surface area (Å²) >= 11 is 1.46. The zero-order chi connectivity index (χ0) is 18.6. The molecule has 0 atom stereocenters. The summed E-state index contributed by atoms with van der Waals surface area (Å²) in [6, 6.07) is 5.59. The van der Waals surface area contributed by atoms with Crippen LogP contribution in [-0.2, 0) is 5.75 Å². The summed E-state index contributed by atoms with van der Waals surface area (Å²) < 4.78 is 5.63. The highest BCUT2D eigenvalue weighted by atomic mass is 32.2.